The maximum Gasteiger partial charge on any atom is 0.322 e. The standard InChI is InChI=1S/C26H32ClN3O5/c1-17(18-6-3-2-4-7-18)28-25(32)13-22-10-11-23-24(35-22)16-34-15-21(31)14-30(23)26(33)29-20-9-5-8-19(27)12-20/h2-9,12,17,21-24,31H,10-11,13-16H2,1H3,(H,28,32)(H,29,33)/t17-,21+,22+,23-,24+/m0/s1. The van der Waals surface area contributed by atoms with Crippen LogP contribution in [-0.4, -0.2) is 66.1 Å². The summed E-state index contributed by atoms with van der Waals surface area (Å²) in [5, 5.41) is 16.7. The number of rotatable bonds is 5. The number of carbonyl (C=O) groups is 2. The zero-order valence-electron chi connectivity index (χ0n) is 19.7. The van der Waals surface area contributed by atoms with Crippen LogP contribution in [-0.2, 0) is 14.3 Å². The third kappa shape index (κ3) is 6.95. The number of benzene rings is 2. The lowest BCUT2D eigenvalue weighted by Gasteiger charge is -2.44. The summed E-state index contributed by atoms with van der Waals surface area (Å²) in [6, 6.07) is 16.0. The largest absolute Gasteiger partial charge is 0.389 e. The molecule has 0 unspecified atom stereocenters. The van der Waals surface area contributed by atoms with Crippen molar-refractivity contribution in [2.75, 3.05) is 25.1 Å². The van der Waals surface area contributed by atoms with Gasteiger partial charge in [0, 0.05) is 10.7 Å². The summed E-state index contributed by atoms with van der Waals surface area (Å²) in [4.78, 5) is 27.5. The first-order chi connectivity index (χ1) is 16.9. The monoisotopic (exact) mass is 501 g/mol. The van der Waals surface area contributed by atoms with Crippen molar-refractivity contribution >= 4 is 29.2 Å². The Bertz CT molecular complexity index is 1010. The second kappa shape index (κ2) is 11.9. The van der Waals surface area contributed by atoms with Crippen LogP contribution in [0, 0.1) is 0 Å². The van der Waals surface area contributed by atoms with E-state index in [9.17, 15) is 14.7 Å². The molecule has 0 aromatic heterocycles. The summed E-state index contributed by atoms with van der Waals surface area (Å²) in [6.45, 7) is 2.42. The lowest BCUT2D eigenvalue weighted by Crippen LogP contribution is -2.58. The van der Waals surface area contributed by atoms with Crippen molar-refractivity contribution in [1.29, 1.82) is 0 Å². The van der Waals surface area contributed by atoms with E-state index in [1.165, 1.54) is 0 Å². The molecule has 35 heavy (non-hydrogen) atoms. The summed E-state index contributed by atoms with van der Waals surface area (Å²) >= 11 is 6.05. The Kier molecular flexibility index (Phi) is 8.62. The summed E-state index contributed by atoms with van der Waals surface area (Å²) < 4.78 is 11.9. The molecule has 2 aliphatic heterocycles. The Labute approximate surface area is 210 Å². The van der Waals surface area contributed by atoms with Crippen molar-refractivity contribution < 1.29 is 24.2 Å². The molecule has 8 nitrogen and oxygen atoms in total. The van der Waals surface area contributed by atoms with E-state index in [-0.39, 0.29) is 56.3 Å². The molecule has 2 saturated heterocycles. The molecular formula is C26H32ClN3O5. The van der Waals surface area contributed by atoms with Gasteiger partial charge in [-0.1, -0.05) is 48.0 Å². The fourth-order valence-electron chi connectivity index (χ4n) is 4.67. The number of anilines is 1. The van der Waals surface area contributed by atoms with Gasteiger partial charge in [0.15, 0.2) is 0 Å². The normalized spacial score (nSPS) is 25.5. The summed E-state index contributed by atoms with van der Waals surface area (Å²) in [5.74, 6) is -0.0810. The van der Waals surface area contributed by atoms with E-state index in [0.29, 0.717) is 23.6 Å². The zero-order chi connectivity index (χ0) is 24.8. The molecule has 0 spiro atoms. The summed E-state index contributed by atoms with van der Waals surface area (Å²) in [6.07, 6.45) is 0.0126. The highest BCUT2D eigenvalue weighted by Gasteiger charge is 2.40. The third-order valence-corrected chi connectivity index (χ3v) is 6.64. The van der Waals surface area contributed by atoms with Gasteiger partial charge in [-0.15, -0.1) is 0 Å². The van der Waals surface area contributed by atoms with E-state index in [1.807, 2.05) is 37.3 Å². The number of aliphatic hydroxyl groups excluding tert-OH is 1. The Morgan fingerprint density at radius 2 is 1.94 bits per heavy atom. The Morgan fingerprint density at radius 1 is 1.14 bits per heavy atom. The maximum absolute atomic E-state index is 13.2. The van der Waals surface area contributed by atoms with E-state index >= 15 is 0 Å². The minimum atomic E-state index is -0.802. The van der Waals surface area contributed by atoms with Crippen molar-refractivity contribution in [3.63, 3.8) is 0 Å². The van der Waals surface area contributed by atoms with Crippen molar-refractivity contribution in [3.05, 3.63) is 65.2 Å². The van der Waals surface area contributed by atoms with Gasteiger partial charge in [0.2, 0.25) is 5.91 Å². The van der Waals surface area contributed by atoms with Gasteiger partial charge in [-0.05, 0) is 43.5 Å². The molecule has 5 atom stereocenters. The van der Waals surface area contributed by atoms with Gasteiger partial charge >= 0.3 is 6.03 Å². The third-order valence-electron chi connectivity index (χ3n) is 6.41. The fraction of sp³-hybridized carbons (Fsp3) is 0.462. The smallest absolute Gasteiger partial charge is 0.322 e. The highest BCUT2D eigenvalue weighted by atomic mass is 35.5. The van der Waals surface area contributed by atoms with Gasteiger partial charge in [0.25, 0.3) is 0 Å². The molecule has 2 fully saturated rings. The molecule has 2 aromatic carbocycles. The molecule has 9 heteroatoms. The van der Waals surface area contributed by atoms with E-state index in [2.05, 4.69) is 10.6 Å². The van der Waals surface area contributed by atoms with Gasteiger partial charge in [0.1, 0.15) is 6.10 Å². The molecule has 0 saturated carbocycles. The van der Waals surface area contributed by atoms with Gasteiger partial charge in [0.05, 0.1) is 50.5 Å². The predicted molar refractivity (Wildman–Crippen MR) is 133 cm³/mol. The second-order valence-corrected chi connectivity index (χ2v) is 9.57. The number of ether oxygens (including phenoxy) is 2. The quantitative estimate of drug-likeness (QED) is 0.579. The molecule has 0 radical (unpaired) electrons. The number of carbonyl (C=O) groups excluding carboxylic acids is 2. The number of fused-ring (bicyclic) bond motifs is 1. The first-order valence-electron chi connectivity index (χ1n) is 12.0. The van der Waals surface area contributed by atoms with Crippen LogP contribution in [0.2, 0.25) is 5.02 Å². The molecule has 3 amide bonds. The Morgan fingerprint density at radius 3 is 2.71 bits per heavy atom. The van der Waals surface area contributed by atoms with E-state index in [1.54, 1.807) is 29.2 Å². The minimum Gasteiger partial charge on any atom is -0.389 e. The first kappa shape index (κ1) is 25.4. The lowest BCUT2D eigenvalue weighted by atomic mass is 9.94. The molecular weight excluding hydrogens is 470 g/mol. The van der Waals surface area contributed by atoms with Crippen molar-refractivity contribution in [2.45, 2.75) is 56.6 Å². The average Bonchev–Trinajstić information content (AvgIpc) is 2.82. The van der Waals surface area contributed by atoms with Crippen LogP contribution < -0.4 is 10.6 Å². The van der Waals surface area contributed by atoms with Crippen molar-refractivity contribution in [2.24, 2.45) is 0 Å². The number of nitrogens with one attached hydrogen (secondary N) is 2. The highest BCUT2D eigenvalue weighted by Crippen LogP contribution is 2.29. The number of halogens is 1. The molecule has 4 rings (SSSR count). The van der Waals surface area contributed by atoms with Crippen LogP contribution in [0.5, 0.6) is 0 Å². The zero-order valence-corrected chi connectivity index (χ0v) is 20.5. The number of β-amino-alcohol motifs (C(OH)–C–C–N with tert-alkyl or cyclic N) is 1. The average molecular weight is 502 g/mol. The Hall–Kier alpha value is -2.65. The van der Waals surface area contributed by atoms with Crippen LogP contribution in [0.25, 0.3) is 0 Å². The van der Waals surface area contributed by atoms with Gasteiger partial charge < -0.3 is 30.1 Å². The van der Waals surface area contributed by atoms with Gasteiger partial charge in [-0.2, -0.15) is 0 Å². The highest BCUT2D eigenvalue weighted by molar-refractivity contribution is 6.30. The molecule has 3 N–H and O–H groups in total. The molecule has 2 aromatic rings. The molecule has 0 bridgehead atoms. The number of hydrogen-bond donors (Lipinski definition) is 3. The predicted octanol–water partition coefficient (Wildman–Crippen LogP) is 3.75. The summed E-state index contributed by atoms with van der Waals surface area (Å²) in [7, 11) is 0. The first-order valence-corrected chi connectivity index (χ1v) is 12.4. The minimum absolute atomic E-state index is 0.0810. The van der Waals surface area contributed by atoms with E-state index in [4.69, 9.17) is 21.1 Å². The van der Waals surface area contributed by atoms with Crippen molar-refractivity contribution in [3.8, 4) is 0 Å². The van der Waals surface area contributed by atoms with Gasteiger partial charge in [-0.25, -0.2) is 4.79 Å². The van der Waals surface area contributed by atoms with Crippen LogP contribution in [0.4, 0.5) is 10.5 Å². The number of hydrogen-bond acceptors (Lipinski definition) is 5. The SMILES string of the molecule is C[C@H](NC(=O)C[C@H]1CC[C@H]2[C@@H](COC[C@H](O)CN2C(=O)Nc2cccc(Cl)c2)O1)c1ccccc1. The fourth-order valence-corrected chi connectivity index (χ4v) is 4.86. The summed E-state index contributed by atoms with van der Waals surface area (Å²) in [5.41, 5.74) is 1.62. The molecule has 0 aliphatic carbocycles. The number of amides is 3. The number of urea groups is 1. The molecule has 188 valence electrons. The second-order valence-electron chi connectivity index (χ2n) is 9.13. The van der Waals surface area contributed by atoms with Crippen LogP contribution in [0.15, 0.2) is 54.6 Å². The topological polar surface area (TPSA) is 100 Å². The van der Waals surface area contributed by atoms with E-state index in [0.717, 1.165) is 5.56 Å². The lowest BCUT2D eigenvalue weighted by molar-refractivity contribution is -0.150. The Balaban J connectivity index is 1.38. The van der Waals surface area contributed by atoms with E-state index < -0.39 is 12.2 Å². The molecule has 2 heterocycles. The van der Waals surface area contributed by atoms with Crippen LogP contribution in [0.1, 0.15) is 37.8 Å². The molecule has 2 aliphatic rings. The maximum atomic E-state index is 13.2. The van der Waals surface area contributed by atoms with Crippen LogP contribution in [0.3, 0.4) is 0 Å². The number of nitrogens with zero attached hydrogens (tertiary/aromatic N) is 1. The van der Waals surface area contributed by atoms with Crippen molar-refractivity contribution in [1.82, 2.24) is 10.2 Å². The van der Waals surface area contributed by atoms with Gasteiger partial charge in [-0.3, -0.25) is 4.79 Å². The number of aliphatic hydroxyl groups is 1. The van der Waals surface area contributed by atoms with Crippen LogP contribution >= 0.6 is 11.6 Å².